The summed E-state index contributed by atoms with van der Waals surface area (Å²) in [5, 5.41) is 3.50. The number of hydrogen-bond donors (Lipinski definition) is 1. The molecule has 0 spiro atoms. The summed E-state index contributed by atoms with van der Waals surface area (Å²) in [4.78, 5) is 15.8. The molecule has 0 unspecified atom stereocenters. The first-order valence-electron chi connectivity index (χ1n) is 5.25. The van der Waals surface area contributed by atoms with Crippen molar-refractivity contribution in [2.24, 2.45) is 0 Å². The Kier molecular flexibility index (Phi) is 3.84. The maximum Gasteiger partial charge on any atom is 0.255 e. The topological polar surface area (TPSA) is 42.0 Å². The van der Waals surface area contributed by atoms with Gasteiger partial charge in [-0.05, 0) is 36.8 Å². The van der Waals surface area contributed by atoms with Crippen molar-refractivity contribution in [2.45, 2.75) is 6.92 Å². The highest BCUT2D eigenvalue weighted by atomic mass is 35.5. The first-order valence-corrected chi connectivity index (χ1v) is 6.01. The fraction of sp³-hybridized carbons (Fsp3) is 0.0769. The lowest BCUT2D eigenvalue weighted by Gasteiger charge is -2.07. The number of rotatable bonds is 2. The Morgan fingerprint density at radius 3 is 2.67 bits per heavy atom. The molecule has 0 radical (unpaired) electrons. The molecule has 0 aliphatic carbocycles. The number of benzene rings is 1. The molecule has 0 atom stereocenters. The van der Waals surface area contributed by atoms with E-state index in [0.29, 0.717) is 16.3 Å². The van der Waals surface area contributed by atoms with Gasteiger partial charge in [-0.25, -0.2) is 4.98 Å². The van der Waals surface area contributed by atoms with Crippen molar-refractivity contribution in [3.63, 3.8) is 0 Å². The molecule has 0 fully saturated rings. The van der Waals surface area contributed by atoms with Crippen molar-refractivity contribution >= 4 is 34.8 Å². The van der Waals surface area contributed by atoms with Crippen LogP contribution in [-0.2, 0) is 0 Å². The Morgan fingerprint density at radius 1 is 1.22 bits per heavy atom. The molecule has 5 heteroatoms. The van der Waals surface area contributed by atoms with Crippen LogP contribution in [-0.4, -0.2) is 10.9 Å². The largest absolute Gasteiger partial charge is 0.321 e. The number of halogens is 2. The van der Waals surface area contributed by atoms with E-state index < -0.39 is 0 Å². The van der Waals surface area contributed by atoms with E-state index in [2.05, 4.69) is 10.3 Å². The van der Waals surface area contributed by atoms with Gasteiger partial charge >= 0.3 is 0 Å². The van der Waals surface area contributed by atoms with Gasteiger partial charge in [0.15, 0.2) is 0 Å². The zero-order valence-corrected chi connectivity index (χ0v) is 11.1. The second-order valence-electron chi connectivity index (χ2n) is 3.80. The van der Waals surface area contributed by atoms with Crippen LogP contribution >= 0.6 is 23.2 Å². The number of aromatic nitrogens is 1. The van der Waals surface area contributed by atoms with E-state index in [9.17, 15) is 4.79 Å². The maximum absolute atomic E-state index is 11.9. The minimum Gasteiger partial charge on any atom is -0.321 e. The average Bonchev–Trinajstić information content (AvgIpc) is 2.32. The van der Waals surface area contributed by atoms with Gasteiger partial charge in [-0.2, -0.15) is 0 Å². The average molecular weight is 281 g/mol. The van der Waals surface area contributed by atoms with Gasteiger partial charge in [0.25, 0.3) is 5.91 Å². The monoisotopic (exact) mass is 280 g/mol. The van der Waals surface area contributed by atoms with Crippen molar-refractivity contribution in [1.82, 2.24) is 4.98 Å². The molecule has 0 aliphatic rings. The molecule has 92 valence electrons. The van der Waals surface area contributed by atoms with Crippen molar-refractivity contribution in [3.05, 3.63) is 57.8 Å². The lowest BCUT2D eigenvalue weighted by molar-refractivity contribution is 0.102. The summed E-state index contributed by atoms with van der Waals surface area (Å²) in [5.74, 6) is -0.273. The summed E-state index contributed by atoms with van der Waals surface area (Å²) in [6.45, 7) is 1.93. The standard InChI is InChI=1S/C13H10Cl2N2O/c1-8-2-3-11(10(14)6-8)17-13(18)9-4-5-16-12(15)7-9/h2-7H,1H3,(H,17,18). The quantitative estimate of drug-likeness (QED) is 0.847. The molecule has 2 aromatic rings. The van der Waals surface area contributed by atoms with Crippen LogP contribution in [0.25, 0.3) is 0 Å². The zero-order valence-electron chi connectivity index (χ0n) is 9.58. The molecular weight excluding hydrogens is 271 g/mol. The van der Waals surface area contributed by atoms with E-state index in [1.165, 1.54) is 12.3 Å². The van der Waals surface area contributed by atoms with Crippen molar-refractivity contribution in [1.29, 1.82) is 0 Å². The summed E-state index contributed by atoms with van der Waals surface area (Å²) < 4.78 is 0. The third-order valence-corrected chi connectivity index (χ3v) is 2.88. The van der Waals surface area contributed by atoms with E-state index in [1.54, 1.807) is 18.2 Å². The number of hydrogen-bond acceptors (Lipinski definition) is 2. The number of pyridine rings is 1. The van der Waals surface area contributed by atoms with Crippen LogP contribution < -0.4 is 5.32 Å². The van der Waals surface area contributed by atoms with Crippen LogP contribution in [0.3, 0.4) is 0 Å². The van der Waals surface area contributed by atoms with Gasteiger partial charge < -0.3 is 5.32 Å². The SMILES string of the molecule is Cc1ccc(NC(=O)c2ccnc(Cl)c2)c(Cl)c1. The van der Waals surface area contributed by atoms with Gasteiger partial charge in [0, 0.05) is 11.8 Å². The van der Waals surface area contributed by atoms with Crippen LogP contribution in [0.1, 0.15) is 15.9 Å². The molecule has 0 bridgehead atoms. The van der Waals surface area contributed by atoms with Gasteiger partial charge in [0.1, 0.15) is 5.15 Å². The van der Waals surface area contributed by atoms with Gasteiger partial charge in [-0.3, -0.25) is 4.79 Å². The minimum atomic E-state index is -0.273. The zero-order chi connectivity index (χ0) is 13.1. The molecule has 1 aromatic heterocycles. The Labute approximate surface area is 115 Å². The summed E-state index contributed by atoms with van der Waals surface area (Å²) in [6, 6.07) is 8.51. The van der Waals surface area contributed by atoms with Gasteiger partial charge in [-0.1, -0.05) is 29.3 Å². The van der Waals surface area contributed by atoms with Crippen molar-refractivity contribution in [3.8, 4) is 0 Å². The highest BCUT2D eigenvalue weighted by Gasteiger charge is 2.09. The number of nitrogens with one attached hydrogen (secondary N) is 1. The van der Waals surface area contributed by atoms with E-state index >= 15 is 0 Å². The predicted octanol–water partition coefficient (Wildman–Crippen LogP) is 3.95. The molecule has 0 aliphatic heterocycles. The van der Waals surface area contributed by atoms with E-state index in [1.807, 2.05) is 13.0 Å². The molecule has 1 amide bonds. The Hall–Kier alpha value is -1.58. The molecule has 2 rings (SSSR count). The van der Waals surface area contributed by atoms with Crippen LogP contribution in [0.15, 0.2) is 36.5 Å². The third kappa shape index (κ3) is 3.00. The number of amides is 1. The number of nitrogens with zero attached hydrogens (tertiary/aromatic N) is 1. The number of carbonyl (C=O) groups excluding carboxylic acids is 1. The molecule has 1 heterocycles. The highest BCUT2D eigenvalue weighted by Crippen LogP contribution is 2.23. The lowest BCUT2D eigenvalue weighted by atomic mass is 10.2. The normalized spacial score (nSPS) is 10.2. The van der Waals surface area contributed by atoms with Crippen LogP contribution in [0, 0.1) is 6.92 Å². The molecule has 0 saturated heterocycles. The van der Waals surface area contributed by atoms with Crippen molar-refractivity contribution in [2.75, 3.05) is 5.32 Å². The molecule has 1 N–H and O–H groups in total. The fourth-order valence-corrected chi connectivity index (χ4v) is 1.92. The van der Waals surface area contributed by atoms with E-state index in [0.717, 1.165) is 5.56 Å². The van der Waals surface area contributed by atoms with Crippen LogP contribution in [0.5, 0.6) is 0 Å². The van der Waals surface area contributed by atoms with Gasteiger partial charge in [-0.15, -0.1) is 0 Å². The molecule has 18 heavy (non-hydrogen) atoms. The van der Waals surface area contributed by atoms with E-state index in [4.69, 9.17) is 23.2 Å². The minimum absolute atomic E-state index is 0.273. The number of carbonyl (C=O) groups is 1. The fourth-order valence-electron chi connectivity index (χ4n) is 1.46. The van der Waals surface area contributed by atoms with E-state index in [-0.39, 0.29) is 11.1 Å². The first-order chi connectivity index (χ1) is 8.56. The summed E-state index contributed by atoms with van der Waals surface area (Å²) in [6.07, 6.45) is 1.48. The van der Waals surface area contributed by atoms with Crippen LogP contribution in [0.4, 0.5) is 5.69 Å². The molecule has 1 aromatic carbocycles. The summed E-state index contributed by atoms with van der Waals surface area (Å²) >= 11 is 11.8. The predicted molar refractivity (Wildman–Crippen MR) is 73.4 cm³/mol. The molecular formula is C13H10Cl2N2O. The molecule has 0 saturated carbocycles. The maximum atomic E-state index is 11.9. The number of anilines is 1. The Morgan fingerprint density at radius 2 is 2.00 bits per heavy atom. The second kappa shape index (κ2) is 5.38. The third-order valence-electron chi connectivity index (χ3n) is 2.36. The first kappa shape index (κ1) is 12.9. The summed E-state index contributed by atoms with van der Waals surface area (Å²) in [7, 11) is 0. The Bertz CT molecular complexity index is 599. The van der Waals surface area contributed by atoms with Gasteiger partial charge in [0.2, 0.25) is 0 Å². The highest BCUT2D eigenvalue weighted by molar-refractivity contribution is 6.34. The van der Waals surface area contributed by atoms with Gasteiger partial charge in [0.05, 0.1) is 10.7 Å². The second-order valence-corrected chi connectivity index (χ2v) is 4.60. The number of aryl methyl sites for hydroxylation is 1. The van der Waals surface area contributed by atoms with Crippen LogP contribution in [0.2, 0.25) is 10.2 Å². The summed E-state index contributed by atoms with van der Waals surface area (Å²) in [5.41, 5.74) is 2.04. The smallest absolute Gasteiger partial charge is 0.255 e. The lowest BCUT2D eigenvalue weighted by Crippen LogP contribution is -2.12. The molecule has 3 nitrogen and oxygen atoms in total. The Balaban J connectivity index is 2.21. The van der Waals surface area contributed by atoms with Crippen molar-refractivity contribution < 1.29 is 4.79 Å².